The summed E-state index contributed by atoms with van der Waals surface area (Å²) in [5.74, 6) is -3.42. The molecule has 3 rings (SSSR count). The highest BCUT2D eigenvalue weighted by Gasteiger charge is 2.44. The topological polar surface area (TPSA) is 114 Å². The first-order valence-corrected chi connectivity index (χ1v) is 12.7. The molecule has 2 N–H and O–H groups in total. The number of hydrogen-bond donors (Lipinski definition) is 2. The van der Waals surface area contributed by atoms with Crippen molar-refractivity contribution in [3.8, 4) is 0 Å². The molecule has 2 atom stereocenters. The Labute approximate surface area is 216 Å². The molecule has 2 aromatic rings. The van der Waals surface area contributed by atoms with Crippen LogP contribution < -0.4 is 10.6 Å². The quantitative estimate of drug-likeness (QED) is 0.444. The summed E-state index contributed by atoms with van der Waals surface area (Å²) in [6.07, 6.45) is 0.607. The number of halogens is 3. The molecule has 0 saturated carbocycles. The molecule has 2 amide bonds. The van der Waals surface area contributed by atoms with E-state index >= 15 is 0 Å². The van der Waals surface area contributed by atoms with Crippen LogP contribution in [0.1, 0.15) is 43.2 Å². The van der Waals surface area contributed by atoms with Crippen LogP contribution in [-0.4, -0.2) is 57.8 Å². The van der Waals surface area contributed by atoms with E-state index < -0.39 is 36.0 Å². The van der Waals surface area contributed by atoms with Crippen molar-refractivity contribution in [2.75, 3.05) is 11.9 Å². The molecule has 1 aliphatic rings. The van der Waals surface area contributed by atoms with E-state index in [4.69, 9.17) is 0 Å². The molecule has 0 bridgehead atoms. The minimum absolute atomic E-state index is 0.00836. The van der Waals surface area contributed by atoms with Crippen molar-refractivity contribution in [1.29, 1.82) is 0 Å². The number of carbonyl (C=O) groups excluding carboxylic acids is 3. The fourth-order valence-electron chi connectivity index (χ4n) is 3.69. The lowest BCUT2D eigenvalue weighted by atomic mass is 10.0. The predicted molar refractivity (Wildman–Crippen MR) is 130 cm³/mol. The number of hydroxylamine groups is 2. The molecule has 1 fully saturated rings. The van der Waals surface area contributed by atoms with E-state index in [0.717, 1.165) is 15.6 Å². The number of piperidine rings is 1. The molecule has 200 valence electrons. The zero-order valence-electron chi connectivity index (χ0n) is 20.2. The van der Waals surface area contributed by atoms with Crippen LogP contribution in [0.3, 0.4) is 0 Å². The van der Waals surface area contributed by atoms with Crippen LogP contribution >= 0.6 is 11.3 Å². The predicted octanol–water partition coefficient (Wildman–Crippen LogP) is 3.59. The molecule has 1 aromatic carbocycles. The summed E-state index contributed by atoms with van der Waals surface area (Å²) in [5, 5.41) is 15.2. The van der Waals surface area contributed by atoms with E-state index in [0.29, 0.717) is 37.2 Å². The number of alkyl halides is 3. The molecule has 37 heavy (non-hydrogen) atoms. The van der Waals surface area contributed by atoms with Crippen LogP contribution in [0.5, 0.6) is 0 Å². The lowest BCUT2D eigenvalue weighted by Gasteiger charge is -2.33. The number of aryl methyl sites for hydroxylation is 2. The van der Waals surface area contributed by atoms with E-state index in [1.165, 1.54) is 23.5 Å². The number of carbonyl (C=O) groups is 3. The maximum absolute atomic E-state index is 13.1. The third-order valence-electron chi connectivity index (χ3n) is 5.58. The molecular weight excluding hydrogens is 511 g/mol. The van der Waals surface area contributed by atoms with Gasteiger partial charge in [0.15, 0.2) is 0 Å². The summed E-state index contributed by atoms with van der Waals surface area (Å²) < 4.78 is 38.1. The Balaban J connectivity index is 1.68. The fourth-order valence-corrected chi connectivity index (χ4v) is 4.38. The normalized spacial score (nSPS) is 17.4. The van der Waals surface area contributed by atoms with Gasteiger partial charge in [0, 0.05) is 18.7 Å². The van der Waals surface area contributed by atoms with Crippen LogP contribution in [0.4, 0.5) is 18.3 Å². The number of hydrogen-bond acceptors (Lipinski definition) is 8. The van der Waals surface area contributed by atoms with Gasteiger partial charge < -0.3 is 10.2 Å². The highest BCUT2D eigenvalue weighted by atomic mass is 32.1. The molecule has 1 saturated heterocycles. The van der Waals surface area contributed by atoms with E-state index in [1.807, 2.05) is 37.3 Å². The summed E-state index contributed by atoms with van der Waals surface area (Å²) in [4.78, 5) is 41.3. The molecule has 1 aromatic heterocycles. The number of amides is 2. The van der Waals surface area contributed by atoms with Crippen LogP contribution in [-0.2, 0) is 32.1 Å². The molecule has 1 aliphatic heterocycles. The molecule has 0 radical (unpaired) electrons. The number of anilines is 1. The van der Waals surface area contributed by atoms with Gasteiger partial charge in [-0.15, -0.1) is 15.3 Å². The minimum Gasteiger partial charge on any atom is -0.360 e. The smallest absolute Gasteiger partial charge is 0.360 e. The van der Waals surface area contributed by atoms with Crippen molar-refractivity contribution in [3.05, 3.63) is 53.1 Å². The Bertz CT molecular complexity index is 1090. The van der Waals surface area contributed by atoms with E-state index in [1.54, 1.807) is 0 Å². The second-order valence-corrected chi connectivity index (χ2v) is 9.43. The van der Waals surface area contributed by atoms with Crippen LogP contribution in [0, 0.1) is 0 Å². The summed E-state index contributed by atoms with van der Waals surface area (Å²) in [5.41, 5.74) is 1.01. The summed E-state index contributed by atoms with van der Waals surface area (Å²) in [7, 11) is 0. The monoisotopic (exact) mass is 539 g/mol. The average Bonchev–Trinajstić information content (AvgIpc) is 3.33. The molecule has 0 spiro atoms. The molecular formula is C24H28F3N5O4S. The van der Waals surface area contributed by atoms with E-state index in [9.17, 15) is 27.6 Å². The van der Waals surface area contributed by atoms with Crippen molar-refractivity contribution >= 4 is 34.3 Å². The number of benzene rings is 1. The number of nitrogens with one attached hydrogen (secondary N) is 2. The van der Waals surface area contributed by atoms with Gasteiger partial charge in [-0.3, -0.25) is 14.9 Å². The second kappa shape index (κ2) is 13.3. The lowest BCUT2D eigenvalue weighted by molar-refractivity contribution is -0.248. The third-order valence-corrected chi connectivity index (χ3v) is 6.56. The van der Waals surface area contributed by atoms with Crippen LogP contribution in [0.2, 0.25) is 0 Å². The summed E-state index contributed by atoms with van der Waals surface area (Å²) >= 11 is 1.25. The second-order valence-electron chi connectivity index (χ2n) is 8.37. The molecule has 0 unspecified atom stereocenters. The van der Waals surface area contributed by atoms with E-state index in [2.05, 4.69) is 25.7 Å². The Morgan fingerprint density at radius 3 is 2.65 bits per heavy atom. The Morgan fingerprint density at radius 1 is 1.22 bits per heavy atom. The first kappa shape index (κ1) is 28.3. The zero-order valence-corrected chi connectivity index (χ0v) is 21.0. The van der Waals surface area contributed by atoms with Crippen molar-refractivity contribution in [1.82, 2.24) is 20.6 Å². The molecule has 9 nitrogen and oxygen atoms in total. The summed E-state index contributed by atoms with van der Waals surface area (Å²) in [6.45, 7) is 1.93. The lowest BCUT2D eigenvalue weighted by Crippen LogP contribution is -2.53. The van der Waals surface area contributed by atoms with Gasteiger partial charge in [0.1, 0.15) is 11.0 Å². The highest BCUT2D eigenvalue weighted by molar-refractivity contribution is 7.15. The van der Waals surface area contributed by atoms with Gasteiger partial charge >= 0.3 is 12.1 Å². The zero-order chi connectivity index (χ0) is 26.8. The van der Waals surface area contributed by atoms with Crippen molar-refractivity contribution in [3.63, 3.8) is 0 Å². The van der Waals surface area contributed by atoms with Gasteiger partial charge in [-0.25, -0.2) is 4.79 Å². The largest absolute Gasteiger partial charge is 0.492 e. The maximum atomic E-state index is 13.1. The Morgan fingerprint density at radius 2 is 1.97 bits per heavy atom. The maximum Gasteiger partial charge on any atom is 0.492 e. The highest BCUT2D eigenvalue weighted by Crippen LogP contribution is 2.23. The van der Waals surface area contributed by atoms with Crippen molar-refractivity contribution < 1.29 is 32.4 Å². The molecule has 0 aliphatic carbocycles. The van der Waals surface area contributed by atoms with Gasteiger partial charge in [-0.2, -0.15) is 13.2 Å². The summed E-state index contributed by atoms with van der Waals surface area (Å²) in [6, 6.07) is 7.81. The van der Waals surface area contributed by atoms with Crippen LogP contribution in [0.15, 0.2) is 42.5 Å². The minimum atomic E-state index is -5.17. The average molecular weight is 540 g/mol. The first-order valence-electron chi connectivity index (χ1n) is 11.9. The Kier molecular flexibility index (Phi) is 10.1. The van der Waals surface area contributed by atoms with Crippen LogP contribution in [0.25, 0.3) is 0 Å². The molecule has 13 heteroatoms. The fraction of sp³-hybridized carbons (Fsp3) is 0.458. The SMILES string of the molecule is CCc1nnc(NC(=O)/C=C/[C@H](CCc2ccccc2)NC(=O)[C@@H]2CCCCN2OC(=O)C(F)(F)F)s1. The third kappa shape index (κ3) is 8.93. The standard InChI is InChI=1S/C24H28F3N5O4S/c1-2-20-30-31-23(37-20)29-19(33)14-13-17(12-11-16-8-4-3-5-9-16)28-21(34)18-10-6-7-15-32(18)36-22(35)24(25,26)27/h3-5,8-9,13-14,17-18H,2,6-7,10-12,15H2,1H3,(H,28,34)(H,29,31,33)/b14-13+/t17-,18-/m0/s1. The van der Waals surface area contributed by atoms with Gasteiger partial charge in [0.25, 0.3) is 0 Å². The number of rotatable bonds is 10. The van der Waals surface area contributed by atoms with Crippen molar-refractivity contribution in [2.24, 2.45) is 0 Å². The van der Waals surface area contributed by atoms with Gasteiger partial charge in [-0.1, -0.05) is 54.7 Å². The first-order chi connectivity index (χ1) is 17.7. The van der Waals surface area contributed by atoms with E-state index in [-0.39, 0.29) is 13.0 Å². The Hall–Kier alpha value is -3.32. The van der Waals surface area contributed by atoms with Gasteiger partial charge in [0.2, 0.25) is 16.9 Å². The number of aromatic nitrogens is 2. The number of nitrogens with zero attached hydrogens (tertiary/aromatic N) is 3. The van der Waals surface area contributed by atoms with Crippen molar-refractivity contribution in [2.45, 2.75) is 63.7 Å². The van der Waals surface area contributed by atoms with Gasteiger partial charge in [-0.05, 0) is 44.1 Å². The molecule has 2 heterocycles. The van der Waals surface area contributed by atoms with Gasteiger partial charge in [0.05, 0.1) is 0 Å².